The maximum Gasteiger partial charge on any atom is 0.309 e. The Bertz CT molecular complexity index is 127. The molecule has 0 atom stereocenters. The van der Waals surface area contributed by atoms with Crippen molar-refractivity contribution in [3.8, 4) is 6.26 Å². The van der Waals surface area contributed by atoms with Crippen molar-refractivity contribution in [2.24, 2.45) is 0 Å². The van der Waals surface area contributed by atoms with Crippen molar-refractivity contribution in [3.63, 3.8) is 0 Å². The number of carbonyl (C=O) groups is 1. The van der Waals surface area contributed by atoms with E-state index in [0.717, 1.165) is 0 Å². The van der Waals surface area contributed by atoms with Crippen molar-refractivity contribution in [1.29, 1.82) is 5.26 Å². The molecule has 0 fully saturated rings. The molecule has 0 bridgehead atoms. The van der Waals surface area contributed by atoms with Crippen LogP contribution in [0.15, 0.2) is 0 Å². The summed E-state index contributed by atoms with van der Waals surface area (Å²) in [5, 5.41) is 7.83. The zero-order valence-electron chi connectivity index (χ0n) is 5.09. The fourth-order valence-electron chi connectivity index (χ4n) is 0.282. The number of ether oxygens (including phenoxy) is 2. The highest BCUT2D eigenvalue weighted by atomic mass is 16.5. The summed E-state index contributed by atoms with van der Waals surface area (Å²) in [5.74, 6) is -0.370. The molecule has 0 aromatic rings. The first kappa shape index (κ1) is 7.76. The molecule has 0 saturated carbocycles. The molecule has 4 nitrogen and oxygen atoms in total. The number of methoxy groups -OCH3 is 1. The molecule has 0 spiro atoms. The maximum absolute atomic E-state index is 10.3. The van der Waals surface area contributed by atoms with Gasteiger partial charge < -0.3 is 9.47 Å². The smallest absolute Gasteiger partial charge is 0.309 e. The SMILES string of the molecule is COC(=O)CCOC#N. The lowest BCUT2D eigenvalue weighted by Gasteiger charge is -1.94. The van der Waals surface area contributed by atoms with Crippen molar-refractivity contribution in [2.45, 2.75) is 6.42 Å². The third-order valence-electron chi connectivity index (χ3n) is 0.700. The Hall–Kier alpha value is -1.24. The molecule has 9 heavy (non-hydrogen) atoms. The summed E-state index contributed by atoms with van der Waals surface area (Å²) in [6.45, 7) is 0.100. The number of hydrogen-bond donors (Lipinski definition) is 0. The van der Waals surface area contributed by atoms with Crippen LogP contribution in [0, 0.1) is 11.5 Å². The van der Waals surface area contributed by atoms with E-state index in [2.05, 4.69) is 9.47 Å². The molecule has 0 heterocycles. The molecule has 0 aromatic heterocycles. The molecule has 0 aliphatic carbocycles. The Labute approximate surface area is 53.0 Å². The standard InChI is InChI=1S/C5H7NO3/c1-8-5(7)2-3-9-4-6/h2-3H2,1H3. The lowest BCUT2D eigenvalue weighted by atomic mass is 10.5. The molecule has 0 aromatic carbocycles. The van der Waals surface area contributed by atoms with Gasteiger partial charge in [-0.1, -0.05) is 0 Å². The van der Waals surface area contributed by atoms with Gasteiger partial charge in [0.25, 0.3) is 6.26 Å². The molecule has 0 rings (SSSR count). The normalized spacial score (nSPS) is 7.56. The third kappa shape index (κ3) is 4.62. The predicted octanol–water partition coefficient (Wildman–Crippen LogP) is 0.0472. The van der Waals surface area contributed by atoms with Gasteiger partial charge in [0.1, 0.15) is 6.61 Å². The summed E-state index contributed by atoms with van der Waals surface area (Å²) < 4.78 is 8.48. The van der Waals surface area contributed by atoms with Crippen molar-refractivity contribution in [1.82, 2.24) is 0 Å². The van der Waals surface area contributed by atoms with Gasteiger partial charge in [-0.2, -0.15) is 5.26 Å². The molecule has 0 N–H and O–H groups in total. The fourth-order valence-corrected chi connectivity index (χ4v) is 0.282. The van der Waals surface area contributed by atoms with E-state index in [-0.39, 0.29) is 19.0 Å². The van der Waals surface area contributed by atoms with E-state index in [1.54, 1.807) is 0 Å². The first-order chi connectivity index (χ1) is 4.31. The second kappa shape index (κ2) is 4.91. The lowest BCUT2D eigenvalue weighted by Crippen LogP contribution is -2.03. The van der Waals surface area contributed by atoms with Crippen molar-refractivity contribution < 1.29 is 14.3 Å². The van der Waals surface area contributed by atoms with Crippen LogP contribution in [0.5, 0.6) is 0 Å². The fraction of sp³-hybridized carbons (Fsp3) is 0.600. The Morgan fingerprint density at radius 2 is 2.44 bits per heavy atom. The van der Waals surface area contributed by atoms with Crippen LogP contribution in [0.25, 0.3) is 0 Å². The maximum atomic E-state index is 10.3. The quantitative estimate of drug-likeness (QED) is 0.307. The average molecular weight is 129 g/mol. The van der Waals surface area contributed by atoms with Gasteiger partial charge in [0.2, 0.25) is 0 Å². The molecule has 0 saturated heterocycles. The van der Waals surface area contributed by atoms with Crippen LogP contribution in [-0.2, 0) is 14.3 Å². The summed E-state index contributed by atoms with van der Waals surface area (Å²) in [7, 11) is 1.29. The first-order valence-electron chi connectivity index (χ1n) is 2.39. The highest BCUT2D eigenvalue weighted by molar-refractivity contribution is 5.69. The summed E-state index contributed by atoms with van der Waals surface area (Å²) in [4.78, 5) is 10.3. The molecular formula is C5H7NO3. The average Bonchev–Trinajstić information content (AvgIpc) is 1.89. The summed E-state index contributed by atoms with van der Waals surface area (Å²) >= 11 is 0. The van der Waals surface area contributed by atoms with Crippen molar-refractivity contribution in [2.75, 3.05) is 13.7 Å². The predicted molar refractivity (Wildman–Crippen MR) is 28.2 cm³/mol. The molecule has 0 radical (unpaired) electrons. The van der Waals surface area contributed by atoms with Gasteiger partial charge in [0.15, 0.2) is 0 Å². The topological polar surface area (TPSA) is 59.3 Å². The number of nitrogens with zero attached hydrogens (tertiary/aromatic N) is 1. The second-order valence-corrected chi connectivity index (χ2v) is 1.27. The van der Waals surface area contributed by atoms with Gasteiger partial charge in [-0.25, -0.2) is 0 Å². The van der Waals surface area contributed by atoms with Crippen LogP contribution < -0.4 is 0 Å². The van der Waals surface area contributed by atoms with Crippen molar-refractivity contribution in [3.05, 3.63) is 0 Å². The van der Waals surface area contributed by atoms with Crippen LogP contribution in [0.1, 0.15) is 6.42 Å². The number of esters is 1. The minimum Gasteiger partial charge on any atom is -0.469 e. The summed E-state index contributed by atoms with van der Waals surface area (Å²) in [6, 6.07) is 0. The minimum atomic E-state index is -0.370. The van der Waals surface area contributed by atoms with E-state index in [9.17, 15) is 4.79 Å². The van der Waals surface area contributed by atoms with Gasteiger partial charge in [0, 0.05) is 0 Å². The van der Waals surface area contributed by atoms with Crippen LogP contribution in [0.2, 0.25) is 0 Å². The third-order valence-corrected chi connectivity index (χ3v) is 0.700. The van der Waals surface area contributed by atoms with E-state index in [4.69, 9.17) is 5.26 Å². The number of rotatable bonds is 3. The van der Waals surface area contributed by atoms with Gasteiger partial charge in [0.05, 0.1) is 13.5 Å². The number of carbonyl (C=O) groups excluding carboxylic acids is 1. The largest absolute Gasteiger partial charge is 0.469 e. The van der Waals surface area contributed by atoms with E-state index in [1.165, 1.54) is 13.4 Å². The van der Waals surface area contributed by atoms with Gasteiger partial charge in [-0.05, 0) is 0 Å². The van der Waals surface area contributed by atoms with Gasteiger partial charge in [-0.3, -0.25) is 4.79 Å². The monoisotopic (exact) mass is 129 g/mol. The van der Waals surface area contributed by atoms with Crippen LogP contribution in [-0.4, -0.2) is 19.7 Å². The molecule has 50 valence electrons. The molecule has 0 aliphatic heterocycles. The summed E-state index contributed by atoms with van der Waals surface area (Å²) in [5.41, 5.74) is 0. The van der Waals surface area contributed by atoms with E-state index in [1.807, 2.05) is 0 Å². The molecule has 4 heteroatoms. The van der Waals surface area contributed by atoms with E-state index >= 15 is 0 Å². The Kier molecular flexibility index (Phi) is 4.23. The lowest BCUT2D eigenvalue weighted by molar-refractivity contribution is -0.141. The molecule has 0 amide bonds. The zero-order valence-corrected chi connectivity index (χ0v) is 5.09. The minimum absolute atomic E-state index is 0.100. The molecule has 0 unspecified atom stereocenters. The van der Waals surface area contributed by atoms with Crippen LogP contribution in [0.3, 0.4) is 0 Å². The Balaban J connectivity index is 3.09. The Morgan fingerprint density at radius 1 is 1.78 bits per heavy atom. The molecular weight excluding hydrogens is 122 g/mol. The van der Waals surface area contributed by atoms with Gasteiger partial charge >= 0.3 is 5.97 Å². The van der Waals surface area contributed by atoms with E-state index < -0.39 is 0 Å². The molecule has 0 aliphatic rings. The highest BCUT2D eigenvalue weighted by Gasteiger charge is 1.97. The number of hydrogen-bond acceptors (Lipinski definition) is 4. The van der Waals surface area contributed by atoms with Crippen LogP contribution >= 0.6 is 0 Å². The number of nitriles is 1. The first-order valence-corrected chi connectivity index (χ1v) is 2.39. The highest BCUT2D eigenvalue weighted by Crippen LogP contribution is 1.83. The van der Waals surface area contributed by atoms with Gasteiger partial charge in [-0.15, -0.1) is 0 Å². The van der Waals surface area contributed by atoms with E-state index in [0.29, 0.717) is 0 Å². The van der Waals surface area contributed by atoms with Crippen LogP contribution in [0.4, 0.5) is 0 Å². The zero-order chi connectivity index (χ0) is 7.11. The summed E-state index contributed by atoms with van der Waals surface area (Å²) in [6.07, 6.45) is 1.57. The second-order valence-electron chi connectivity index (χ2n) is 1.27. The van der Waals surface area contributed by atoms with Crippen molar-refractivity contribution >= 4 is 5.97 Å². The Morgan fingerprint density at radius 3 is 2.89 bits per heavy atom.